The van der Waals surface area contributed by atoms with E-state index in [1.807, 2.05) is 19.1 Å². The average molecular weight is 345 g/mol. The molecule has 0 spiro atoms. The lowest BCUT2D eigenvalue weighted by Gasteiger charge is -2.36. The van der Waals surface area contributed by atoms with Crippen LogP contribution in [0, 0.1) is 6.92 Å². The van der Waals surface area contributed by atoms with Crippen molar-refractivity contribution in [2.75, 3.05) is 27.3 Å². The van der Waals surface area contributed by atoms with Crippen LogP contribution in [0.3, 0.4) is 0 Å². The van der Waals surface area contributed by atoms with Crippen molar-refractivity contribution >= 4 is 22.8 Å². The fourth-order valence-corrected chi connectivity index (χ4v) is 3.66. The summed E-state index contributed by atoms with van der Waals surface area (Å²) in [5, 5.41) is 8.02. The molecule has 2 amide bonds. The standard InChI is InChI=1S/C17H23N5O3/c1-12-13-6-4-8-19-15(13)22(20-12)10-14(23)21-9-5-7-17(21,11-25-3)16(24)18-2/h4,6,8H,5,7,9-11H2,1-3H3,(H,18,24). The number of ether oxygens (including phenoxy) is 1. The first-order chi connectivity index (χ1) is 12.0. The minimum atomic E-state index is -0.952. The molecule has 1 fully saturated rings. The SMILES string of the molecule is CNC(=O)C1(COC)CCCN1C(=O)Cn1nc(C)c2cccnc21. The Kier molecular flexibility index (Phi) is 4.71. The van der Waals surface area contributed by atoms with Crippen LogP contribution in [-0.2, 0) is 20.9 Å². The number of nitrogens with zero attached hydrogens (tertiary/aromatic N) is 4. The predicted molar refractivity (Wildman–Crippen MR) is 91.9 cm³/mol. The Morgan fingerprint density at radius 1 is 1.44 bits per heavy atom. The highest BCUT2D eigenvalue weighted by Crippen LogP contribution is 2.30. The second-order valence-corrected chi connectivity index (χ2v) is 6.31. The van der Waals surface area contributed by atoms with E-state index in [0.29, 0.717) is 18.6 Å². The van der Waals surface area contributed by atoms with Gasteiger partial charge in [0, 0.05) is 32.3 Å². The monoisotopic (exact) mass is 345 g/mol. The van der Waals surface area contributed by atoms with Crippen molar-refractivity contribution in [1.29, 1.82) is 0 Å². The molecule has 0 saturated carbocycles. The lowest BCUT2D eigenvalue weighted by atomic mass is 9.95. The Morgan fingerprint density at radius 2 is 2.24 bits per heavy atom. The van der Waals surface area contributed by atoms with Crippen LogP contribution in [0.1, 0.15) is 18.5 Å². The number of aromatic nitrogens is 3. The second kappa shape index (κ2) is 6.79. The van der Waals surface area contributed by atoms with Crippen LogP contribution in [0.4, 0.5) is 0 Å². The zero-order valence-electron chi connectivity index (χ0n) is 14.8. The van der Waals surface area contributed by atoms with Gasteiger partial charge in [-0.15, -0.1) is 0 Å². The quantitative estimate of drug-likeness (QED) is 0.852. The van der Waals surface area contributed by atoms with E-state index in [1.54, 1.807) is 29.9 Å². The molecule has 0 radical (unpaired) electrons. The molecule has 3 heterocycles. The average Bonchev–Trinajstić information content (AvgIpc) is 3.18. The van der Waals surface area contributed by atoms with E-state index < -0.39 is 5.54 Å². The summed E-state index contributed by atoms with van der Waals surface area (Å²) >= 11 is 0. The molecule has 8 nitrogen and oxygen atoms in total. The zero-order valence-corrected chi connectivity index (χ0v) is 14.8. The van der Waals surface area contributed by atoms with Crippen molar-refractivity contribution < 1.29 is 14.3 Å². The normalized spacial score (nSPS) is 20.2. The van der Waals surface area contributed by atoms with Gasteiger partial charge < -0.3 is 15.0 Å². The van der Waals surface area contributed by atoms with Crippen molar-refractivity contribution in [2.45, 2.75) is 31.8 Å². The van der Waals surface area contributed by atoms with E-state index >= 15 is 0 Å². The van der Waals surface area contributed by atoms with Crippen LogP contribution >= 0.6 is 0 Å². The number of hydrogen-bond acceptors (Lipinski definition) is 5. The van der Waals surface area contributed by atoms with Gasteiger partial charge in [0.1, 0.15) is 12.1 Å². The van der Waals surface area contributed by atoms with E-state index in [1.165, 1.54) is 0 Å². The van der Waals surface area contributed by atoms with Crippen LogP contribution in [0.25, 0.3) is 11.0 Å². The third-order valence-electron chi connectivity index (χ3n) is 4.80. The summed E-state index contributed by atoms with van der Waals surface area (Å²) in [5.74, 6) is -0.354. The van der Waals surface area contributed by atoms with Crippen molar-refractivity contribution in [3.63, 3.8) is 0 Å². The van der Waals surface area contributed by atoms with Crippen LogP contribution < -0.4 is 5.32 Å². The minimum Gasteiger partial charge on any atom is -0.382 e. The lowest BCUT2D eigenvalue weighted by molar-refractivity contribution is -0.148. The highest BCUT2D eigenvalue weighted by molar-refractivity contribution is 5.92. The van der Waals surface area contributed by atoms with E-state index in [4.69, 9.17) is 4.74 Å². The molecule has 1 aliphatic rings. The number of carbonyl (C=O) groups is 2. The molecule has 8 heteroatoms. The van der Waals surface area contributed by atoms with Gasteiger partial charge >= 0.3 is 0 Å². The molecule has 1 saturated heterocycles. The summed E-state index contributed by atoms with van der Waals surface area (Å²) in [7, 11) is 3.12. The predicted octanol–water partition coefficient (Wildman–Crippen LogP) is 0.493. The molecule has 0 aromatic carbocycles. The number of aryl methyl sites for hydroxylation is 1. The molecule has 1 N–H and O–H groups in total. The van der Waals surface area contributed by atoms with Gasteiger partial charge in [0.25, 0.3) is 0 Å². The van der Waals surface area contributed by atoms with Crippen LogP contribution in [-0.4, -0.2) is 64.3 Å². The third kappa shape index (κ3) is 2.86. The number of nitrogens with one attached hydrogen (secondary N) is 1. The van der Waals surface area contributed by atoms with E-state index in [9.17, 15) is 9.59 Å². The third-order valence-corrected chi connectivity index (χ3v) is 4.80. The lowest BCUT2D eigenvalue weighted by Crippen LogP contribution is -2.60. The van der Waals surface area contributed by atoms with Crippen molar-refractivity contribution in [1.82, 2.24) is 25.0 Å². The summed E-state index contributed by atoms with van der Waals surface area (Å²) in [5.41, 5.74) is 0.544. The van der Waals surface area contributed by atoms with Crippen LogP contribution in [0.2, 0.25) is 0 Å². The number of rotatable bonds is 5. The molecule has 1 aliphatic heterocycles. The van der Waals surface area contributed by atoms with E-state index in [2.05, 4.69) is 15.4 Å². The van der Waals surface area contributed by atoms with Gasteiger partial charge in [-0.05, 0) is 31.9 Å². The van der Waals surface area contributed by atoms with Gasteiger partial charge in [-0.2, -0.15) is 5.10 Å². The number of amides is 2. The first-order valence-electron chi connectivity index (χ1n) is 8.33. The maximum atomic E-state index is 13.0. The molecule has 2 aromatic heterocycles. The maximum absolute atomic E-state index is 13.0. The number of fused-ring (bicyclic) bond motifs is 1. The summed E-state index contributed by atoms with van der Waals surface area (Å²) < 4.78 is 6.87. The van der Waals surface area contributed by atoms with Gasteiger partial charge in [-0.25, -0.2) is 9.67 Å². The number of likely N-dealkylation sites (tertiary alicyclic amines) is 1. The number of likely N-dealkylation sites (N-methyl/N-ethyl adjacent to an activating group) is 1. The molecule has 0 bridgehead atoms. The number of carbonyl (C=O) groups excluding carboxylic acids is 2. The van der Waals surface area contributed by atoms with Gasteiger partial charge in [0.05, 0.1) is 12.3 Å². The topological polar surface area (TPSA) is 89.4 Å². The molecule has 1 atom stereocenters. The molecule has 3 rings (SSSR count). The minimum absolute atomic E-state index is 0.0454. The highest BCUT2D eigenvalue weighted by Gasteiger charge is 2.49. The fourth-order valence-electron chi connectivity index (χ4n) is 3.66. The Hall–Kier alpha value is -2.48. The Bertz CT molecular complexity index is 803. The van der Waals surface area contributed by atoms with Crippen LogP contribution in [0.15, 0.2) is 18.3 Å². The Morgan fingerprint density at radius 3 is 2.96 bits per heavy atom. The smallest absolute Gasteiger partial charge is 0.248 e. The summed E-state index contributed by atoms with van der Waals surface area (Å²) in [6.45, 7) is 2.64. The first-order valence-corrected chi connectivity index (χ1v) is 8.33. The number of hydrogen-bond donors (Lipinski definition) is 1. The summed E-state index contributed by atoms with van der Waals surface area (Å²) in [4.78, 5) is 31.4. The number of pyridine rings is 1. The fraction of sp³-hybridized carbons (Fsp3) is 0.529. The van der Waals surface area contributed by atoms with Gasteiger partial charge in [-0.3, -0.25) is 9.59 Å². The van der Waals surface area contributed by atoms with Gasteiger partial charge in [-0.1, -0.05) is 0 Å². The molecule has 2 aromatic rings. The maximum Gasteiger partial charge on any atom is 0.248 e. The highest BCUT2D eigenvalue weighted by atomic mass is 16.5. The van der Waals surface area contributed by atoms with Crippen LogP contribution in [0.5, 0.6) is 0 Å². The van der Waals surface area contributed by atoms with E-state index in [-0.39, 0.29) is 25.0 Å². The molecular formula is C17H23N5O3. The van der Waals surface area contributed by atoms with Crippen molar-refractivity contribution in [2.24, 2.45) is 0 Å². The summed E-state index contributed by atoms with van der Waals surface area (Å²) in [6.07, 6.45) is 3.03. The Labute approximate surface area is 146 Å². The zero-order chi connectivity index (χ0) is 18.0. The number of methoxy groups -OCH3 is 1. The van der Waals surface area contributed by atoms with Crippen molar-refractivity contribution in [3.8, 4) is 0 Å². The largest absolute Gasteiger partial charge is 0.382 e. The van der Waals surface area contributed by atoms with Gasteiger partial charge in [0.2, 0.25) is 11.8 Å². The molecule has 0 aliphatic carbocycles. The Balaban J connectivity index is 1.90. The van der Waals surface area contributed by atoms with Crippen molar-refractivity contribution in [3.05, 3.63) is 24.0 Å². The summed E-state index contributed by atoms with van der Waals surface area (Å²) in [6, 6.07) is 3.78. The molecule has 134 valence electrons. The molecule has 1 unspecified atom stereocenters. The van der Waals surface area contributed by atoms with Gasteiger partial charge in [0.15, 0.2) is 5.65 Å². The first kappa shape index (κ1) is 17.3. The molecular weight excluding hydrogens is 322 g/mol. The second-order valence-electron chi connectivity index (χ2n) is 6.31. The molecule has 25 heavy (non-hydrogen) atoms. The van der Waals surface area contributed by atoms with E-state index in [0.717, 1.165) is 17.5 Å².